The van der Waals surface area contributed by atoms with Gasteiger partial charge in [-0.15, -0.1) is 0 Å². The lowest BCUT2D eigenvalue weighted by atomic mass is 10.1. The maximum atomic E-state index is 10.9. The van der Waals surface area contributed by atoms with Gasteiger partial charge in [-0.05, 0) is 12.1 Å². The summed E-state index contributed by atoms with van der Waals surface area (Å²) >= 11 is 5.94. The first-order valence-electron chi connectivity index (χ1n) is 7.97. The molecule has 1 aromatic carbocycles. The molecule has 0 radical (unpaired) electrons. The van der Waals surface area contributed by atoms with Crippen molar-refractivity contribution in [2.75, 3.05) is 0 Å². The summed E-state index contributed by atoms with van der Waals surface area (Å²) in [6.07, 6.45) is 1.96. The van der Waals surface area contributed by atoms with Gasteiger partial charge >= 0.3 is 5.97 Å². The van der Waals surface area contributed by atoms with Crippen LogP contribution in [0.15, 0.2) is 34.9 Å². The molecule has 0 fully saturated rings. The Morgan fingerprint density at radius 1 is 1.28 bits per heavy atom. The Morgan fingerprint density at radius 2 is 2.00 bits per heavy atom. The van der Waals surface area contributed by atoms with Gasteiger partial charge in [-0.1, -0.05) is 37.6 Å². The summed E-state index contributed by atoms with van der Waals surface area (Å²) in [5.41, 5.74) is 2.03. The number of benzene rings is 1. The number of hydrogen-bond donors (Lipinski definition) is 2. The minimum absolute atomic E-state index is 0.0347. The second-order valence-electron chi connectivity index (χ2n) is 6.02. The molecule has 0 spiro atoms. The van der Waals surface area contributed by atoms with Crippen molar-refractivity contribution in [2.45, 2.75) is 32.6 Å². The number of H-pyrrole nitrogens is 1. The molecular formula is C18H18ClN3O3. The van der Waals surface area contributed by atoms with Crippen molar-refractivity contribution in [1.82, 2.24) is 15.0 Å². The quantitative estimate of drug-likeness (QED) is 0.674. The van der Waals surface area contributed by atoms with Crippen LogP contribution in [-0.2, 0) is 11.2 Å². The summed E-state index contributed by atoms with van der Waals surface area (Å²) in [6, 6.07) is 7.19. The Hall–Kier alpha value is -2.60. The van der Waals surface area contributed by atoms with Crippen LogP contribution in [0.2, 0.25) is 5.02 Å². The SMILES string of the molecule is CC(C)c1nc(-c2nc(-c3ccc(Cl)cc3)c(CCC(=O)O)o2)c[nH]1. The summed E-state index contributed by atoms with van der Waals surface area (Å²) < 4.78 is 5.84. The smallest absolute Gasteiger partial charge is 0.303 e. The van der Waals surface area contributed by atoms with Crippen molar-refractivity contribution in [3.63, 3.8) is 0 Å². The van der Waals surface area contributed by atoms with Gasteiger partial charge in [0, 0.05) is 29.1 Å². The maximum absolute atomic E-state index is 10.9. The van der Waals surface area contributed by atoms with E-state index in [0.29, 0.717) is 28.1 Å². The van der Waals surface area contributed by atoms with Crippen LogP contribution in [0.25, 0.3) is 22.8 Å². The van der Waals surface area contributed by atoms with E-state index in [4.69, 9.17) is 21.1 Å². The zero-order valence-electron chi connectivity index (χ0n) is 13.9. The number of aromatic nitrogens is 3. The second-order valence-corrected chi connectivity index (χ2v) is 6.45. The molecule has 0 saturated heterocycles. The molecule has 0 unspecified atom stereocenters. The summed E-state index contributed by atoms with van der Waals surface area (Å²) in [6.45, 7) is 4.07. The highest BCUT2D eigenvalue weighted by Crippen LogP contribution is 2.30. The van der Waals surface area contributed by atoms with E-state index in [1.54, 1.807) is 18.3 Å². The van der Waals surface area contributed by atoms with Crippen molar-refractivity contribution in [1.29, 1.82) is 0 Å². The van der Waals surface area contributed by atoms with Crippen LogP contribution in [0.4, 0.5) is 0 Å². The molecule has 2 heterocycles. The van der Waals surface area contributed by atoms with E-state index in [2.05, 4.69) is 15.0 Å². The molecule has 0 aliphatic carbocycles. The highest BCUT2D eigenvalue weighted by atomic mass is 35.5. The number of nitrogens with zero attached hydrogens (tertiary/aromatic N) is 2. The van der Waals surface area contributed by atoms with E-state index < -0.39 is 5.97 Å². The van der Waals surface area contributed by atoms with Crippen molar-refractivity contribution in [3.8, 4) is 22.8 Å². The second kappa shape index (κ2) is 7.11. The largest absolute Gasteiger partial charge is 0.481 e. The Labute approximate surface area is 149 Å². The Kier molecular flexibility index (Phi) is 4.90. The number of aromatic amines is 1. The van der Waals surface area contributed by atoms with Crippen molar-refractivity contribution in [2.24, 2.45) is 0 Å². The highest BCUT2D eigenvalue weighted by molar-refractivity contribution is 6.30. The average molecular weight is 360 g/mol. The summed E-state index contributed by atoms with van der Waals surface area (Å²) in [5.74, 6) is 1.10. The van der Waals surface area contributed by atoms with E-state index in [9.17, 15) is 4.79 Å². The molecule has 2 N–H and O–H groups in total. The van der Waals surface area contributed by atoms with E-state index in [1.807, 2.05) is 26.0 Å². The van der Waals surface area contributed by atoms with E-state index in [1.165, 1.54) is 0 Å². The third kappa shape index (κ3) is 3.91. The standard InChI is InChI=1S/C18H18ClN3O3/c1-10(2)17-20-9-13(21-17)18-22-16(11-3-5-12(19)6-4-11)14(25-18)7-8-15(23)24/h3-6,9-10H,7-8H2,1-2H3,(H,20,21)(H,23,24). The van der Waals surface area contributed by atoms with Gasteiger partial charge in [-0.2, -0.15) is 0 Å². The van der Waals surface area contributed by atoms with Gasteiger partial charge < -0.3 is 14.5 Å². The Bertz CT molecular complexity index is 881. The number of aliphatic carboxylic acids is 1. The molecule has 130 valence electrons. The molecule has 2 aromatic heterocycles. The molecule has 0 atom stereocenters. The Morgan fingerprint density at radius 3 is 2.60 bits per heavy atom. The number of rotatable bonds is 6. The highest BCUT2D eigenvalue weighted by Gasteiger charge is 2.19. The number of aryl methyl sites for hydroxylation is 1. The van der Waals surface area contributed by atoms with Crippen LogP contribution in [0.3, 0.4) is 0 Å². The maximum Gasteiger partial charge on any atom is 0.303 e. The summed E-state index contributed by atoms with van der Waals surface area (Å²) in [5, 5.41) is 9.58. The van der Waals surface area contributed by atoms with Crippen LogP contribution in [0.5, 0.6) is 0 Å². The minimum Gasteiger partial charge on any atom is -0.481 e. The summed E-state index contributed by atoms with van der Waals surface area (Å²) in [4.78, 5) is 23.1. The molecule has 0 amide bonds. The number of carbonyl (C=O) groups is 1. The van der Waals surface area contributed by atoms with Crippen LogP contribution < -0.4 is 0 Å². The molecule has 7 heteroatoms. The lowest BCUT2D eigenvalue weighted by molar-refractivity contribution is -0.137. The topological polar surface area (TPSA) is 92.0 Å². The molecule has 25 heavy (non-hydrogen) atoms. The van der Waals surface area contributed by atoms with Crippen molar-refractivity contribution in [3.05, 3.63) is 47.1 Å². The zero-order valence-corrected chi connectivity index (χ0v) is 14.7. The number of nitrogens with one attached hydrogen (secondary N) is 1. The molecule has 3 aromatic rings. The number of carboxylic acids is 1. The van der Waals surface area contributed by atoms with Gasteiger partial charge in [0.15, 0.2) is 0 Å². The predicted octanol–water partition coefficient (Wildman–Crippen LogP) is 4.53. The van der Waals surface area contributed by atoms with Crippen LogP contribution >= 0.6 is 11.6 Å². The zero-order chi connectivity index (χ0) is 18.0. The number of hydrogen-bond acceptors (Lipinski definition) is 4. The molecule has 0 aliphatic heterocycles. The van der Waals surface area contributed by atoms with E-state index in [0.717, 1.165) is 11.4 Å². The molecule has 0 bridgehead atoms. The number of oxazole rings is 1. The fraction of sp³-hybridized carbons (Fsp3) is 0.278. The predicted molar refractivity (Wildman–Crippen MR) is 94.6 cm³/mol. The molecule has 3 rings (SSSR count). The molecule has 0 saturated carbocycles. The number of halogens is 1. The first-order valence-corrected chi connectivity index (χ1v) is 8.35. The number of imidazole rings is 1. The lowest BCUT2D eigenvalue weighted by Gasteiger charge is -2.00. The van der Waals surface area contributed by atoms with Gasteiger partial charge in [0.25, 0.3) is 0 Å². The number of carboxylic acid groups (broad SMARTS) is 1. The van der Waals surface area contributed by atoms with Gasteiger partial charge in [0.05, 0.1) is 6.42 Å². The first kappa shape index (κ1) is 17.2. The fourth-order valence-corrected chi connectivity index (χ4v) is 2.55. The average Bonchev–Trinajstić information content (AvgIpc) is 3.20. The monoisotopic (exact) mass is 359 g/mol. The fourth-order valence-electron chi connectivity index (χ4n) is 2.43. The lowest BCUT2D eigenvalue weighted by Crippen LogP contribution is -1.97. The minimum atomic E-state index is -0.887. The van der Waals surface area contributed by atoms with E-state index in [-0.39, 0.29) is 18.8 Å². The van der Waals surface area contributed by atoms with Gasteiger partial charge in [-0.25, -0.2) is 9.97 Å². The Balaban J connectivity index is 2.00. The van der Waals surface area contributed by atoms with Crippen LogP contribution in [0, 0.1) is 0 Å². The summed E-state index contributed by atoms with van der Waals surface area (Å²) in [7, 11) is 0. The molecular weight excluding hydrogens is 342 g/mol. The van der Waals surface area contributed by atoms with Crippen LogP contribution in [-0.4, -0.2) is 26.0 Å². The first-order chi connectivity index (χ1) is 11.9. The van der Waals surface area contributed by atoms with E-state index >= 15 is 0 Å². The third-order valence-corrected chi connectivity index (χ3v) is 4.00. The van der Waals surface area contributed by atoms with Crippen LogP contribution in [0.1, 0.15) is 37.8 Å². The molecule has 0 aliphatic rings. The van der Waals surface area contributed by atoms with Crippen molar-refractivity contribution >= 4 is 17.6 Å². The van der Waals surface area contributed by atoms with Gasteiger partial charge in [0.1, 0.15) is 23.0 Å². The molecule has 6 nitrogen and oxygen atoms in total. The normalized spacial score (nSPS) is 11.2. The van der Waals surface area contributed by atoms with Gasteiger partial charge in [-0.3, -0.25) is 4.79 Å². The van der Waals surface area contributed by atoms with Crippen molar-refractivity contribution < 1.29 is 14.3 Å². The van der Waals surface area contributed by atoms with Gasteiger partial charge in [0.2, 0.25) is 5.89 Å². The third-order valence-electron chi connectivity index (χ3n) is 3.74.